The Kier molecular flexibility index (Phi) is 33.6. The number of aryl methyl sites for hydroxylation is 1. The maximum atomic E-state index is 11.2. The molecule has 0 saturated heterocycles. The maximum absolute atomic E-state index is 11.2. The van der Waals surface area contributed by atoms with Crippen LogP contribution in [-0.2, 0) is 53.8 Å². The second-order valence-electron chi connectivity index (χ2n) is 11.2. The number of ether oxygens (including phenoxy) is 10. The summed E-state index contributed by atoms with van der Waals surface area (Å²) in [5, 5.41) is 0. The highest BCUT2D eigenvalue weighted by Gasteiger charge is 2.01. The summed E-state index contributed by atoms with van der Waals surface area (Å²) in [6, 6.07) is 8.44. The van der Waals surface area contributed by atoms with Gasteiger partial charge in [-0.1, -0.05) is 64.5 Å². The molecule has 0 radical (unpaired) electrons. The van der Waals surface area contributed by atoms with E-state index >= 15 is 0 Å². The molecule has 0 bridgehead atoms. The van der Waals surface area contributed by atoms with Gasteiger partial charge in [0.1, 0.15) is 19.0 Å². The molecule has 0 amide bonds. The van der Waals surface area contributed by atoms with E-state index in [0.29, 0.717) is 119 Å². The SMILES string of the molecule is CCCCCCCCCc1ccc(OCCOCCOCCOCCOCCOCCOCCOCCOCCOC(=O)CCC)cc1. The van der Waals surface area contributed by atoms with Crippen LogP contribution in [0, 0.1) is 0 Å². The van der Waals surface area contributed by atoms with Crippen LogP contribution in [0.25, 0.3) is 0 Å². The maximum Gasteiger partial charge on any atom is 0.305 e. The summed E-state index contributed by atoms with van der Waals surface area (Å²) < 4.78 is 54.6. The number of benzene rings is 1. The van der Waals surface area contributed by atoms with E-state index in [2.05, 4.69) is 31.2 Å². The van der Waals surface area contributed by atoms with Crippen LogP contribution in [0.2, 0.25) is 0 Å². The minimum absolute atomic E-state index is 0.185. The largest absolute Gasteiger partial charge is 0.491 e. The zero-order valence-electron chi connectivity index (χ0n) is 30.1. The molecule has 0 heterocycles. The Hall–Kier alpha value is -1.83. The first-order valence-corrected chi connectivity index (χ1v) is 18.3. The number of hydrogen-bond acceptors (Lipinski definition) is 11. The average Bonchev–Trinajstić information content (AvgIpc) is 3.09. The normalized spacial score (nSPS) is 11.3. The van der Waals surface area contributed by atoms with Gasteiger partial charge in [-0.05, 0) is 37.0 Å². The summed E-state index contributed by atoms with van der Waals surface area (Å²) in [6.07, 6.45) is 11.7. The highest BCUT2D eigenvalue weighted by Crippen LogP contribution is 2.15. The van der Waals surface area contributed by atoms with E-state index in [4.69, 9.17) is 47.4 Å². The van der Waals surface area contributed by atoms with E-state index in [0.717, 1.165) is 18.6 Å². The lowest BCUT2D eigenvalue weighted by Crippen LogP contribution is -2.15. The van der Waals surface area contributed by atoms with Gasteiger partial charge in [-0.3, -0.25) is 4.79 Å². The van der Waals surface area contributed by atoms with Crippen LogP contribution in [0.15, 0.2) is 24.3 Å². The lowest BCUT2D eigenvalue weighted by atomic mass is 10.0. The number of esters is 1. The molecule has 0 saturated carbocycles. The first-order valence-electron chi connectivity index (χ1n) is 18.3. The molecule has 0 atom stereocenters. The second kappa shape index (κ2) is 36.5. The van der Waals surface area contributed by atoms with Crippen molar-refractivity contribution < 1.29 is 52.2 Å². The van der Waals surface area contributed by atoms with Crippen LogP contribution in [0.1, 0.15) is 77.2 Å². The zero-order chi connectivity index (χ0) is 34.4. The molecule has 280 valence electrons. The van der Waals surface area contributed by atoms with Gasteiger partial charge >= 0.3 is 5.97 Å². The number of rotatable bonds is 38. The third-order valence-electron chi connectivity index (χ3n) is 7.04. The highest BCUT2D eigenvalue weighted by molar-refractivity contribution is 5.69. The van der Waals surface area contributed by atoms with Crippen LogP contribution in [-0.4, -0.2) is 125 Å². The predicted molar refractivity (Wildman–Crippen MR) is 186 cm³/mol. The molecule has 0 aliphatic heterocycles. The Bertz CT molecular complexity index is 794. The molecular weight excluding hydrogens is 620 g/mol. The van der Waals surface area contributed by atoms with E-state index in [1.54, 1.807) is 0 Å². The molecule has 1 aromatic rings. The van der Waals surface area contributed by atoms with Gasteiger partial charge in [-0.25, -0.2) is 0 Å². The fourth-order valence-corrected chi connectivity index (χ4v) is 4.39. The zero-order valence-corrected chi connectivity index (χ0v) is 30.1. The molecule has 48 heavy (non-hydrogen) atoms. The Balaban J connectivity index is 1.71. The van der Waals surface area contributed by atoms with Crippen molar-refractivity contribution in [2.24, 2.45) is 0 Å². The van der Waals surface area contributed by atoms with Crippen LogP contribution in [0.3, 0.4) is 0 Å². The molecule has 11 heteroatoms. The topological polar surface area (TPSA) is 109 Å². The smallest absolute Gasteiger partial charge is 0.305 e. The monoisotopic (exact) mass is 686 g/mol. The minimum Gasteiger partial charge on any atom is -0.491 e. The Morgan fingerprint density at radius 2 is 0.812 bits per heavy atom. The van der Waals surface area contributed by atoms with Gasteiger partial charge in [0.05, 0.1) is 106 Å². The van der Waals surface area contributed by atoms with E-state index in [9.17, 15) is 4.79 Å². The van der Waals surface area contributed by atoms with Gasteiger partial charge in [-0.15, -0.1) is 0 Å². The van der Waals surface area contributed by atoms with Crippen molar-refractivity contribution in [1.82, 2.24) is 0 Å². The molecule has 0 N–H and O–H groups in total. The predicted octanol–water partition coefficient (Wildman–Crippen LogP) is 5.83. The van der Waals surface area contributed by atoms with Crippen molar-refractivity contribution in [2.45, 2.75) is 78.1 Å². The van der Waals surface area contributed by atoms with Gasteiger partial charge in [0, 0.05) is 6.42 Å². The van der Waals surface area contributed by atoms with Gasteiger partial charge in [0.15, 0.2) is 0 Å². The second-order valence-corrected chi connectivity index (χ2v) is 11.2. The Morgan fingerprint density at radius 3 is 1.23 bits per heavy atom. The summed E-state index contributed by atoms with van der Waals surface area (Å²) in [4.78, 5) is 11.2. The fourth-order valence-electron chi connectivity index (χ4n) is 4.39. The lowest BCUT2D eigenvalue weighted by molar-refractivity contribution is -0.145. The molecule has 0 spiro atoms. The number of carbonyl (C=O) groups excluding carboxylic acids is 1. The first kappa shape index (κ1) is 44.2. The van der Waals surface area contributed by atoms with Crippen molar-refractivity contribution in [3.05, 3.63) is 29.8 Å². The first-order chi connectivity index (χ1) is 23.8. The third kappa shape index (κ3) is 31.4. The van der Waals surface area contributed by atoms with E-state index in [-0.39, 0.29) is 12.6 Å². The summed E-state index contributed by atoms with van der Waals surface area (Å²) in [5.74, 6) is 0.700. The summed E-state index contributed by atoms with van der Waals surface area (Å²) in [7, 11) is 0. The van der Waals surface area contributed by atoms with Crippen molar-refractivity contribution in [2.75, 3.05) is 119 Å². The van der Waals surface area contributed by atoms with Crippen LogP contribution < -0.4 is 4.74 Å². The third-order valence-corrected chi connectivity index (χ3v) is 7.04. The molecule has 0 fully saturated rings. The molecular formula is C37H66O11. The van der Waals surface area contributed by atoms with Crippen molar-refractivity contribution >= 4 is 5.97 Å². The van der Waals surface area contributed by atoms with E-state index in [1.165, 1.54) is 50.5 Å². The van der Waals surface area contributed by atoms with Crippen LogP contribution in [0.4, 0.5) is 0 Å². The summed E-state index contributed by atoms with van der Waals surface area (Å²) >= 11 is 0. The molecule has 1 aromatic carbocycles. The van der Waals surface area contributed by atoms with Crippen LogP contribution in [0.5, 0.6) is 5.75 Å². The van der Waals surface area contributed by atoms with Crippen molar-refractivity contribution in [3.8, 4) is 5.75 Å². The quantitative estimate of drug-likeness (QED) is 0.0619. The molecule has 0 aliphatic rings. The number of unbranched alkanes of at least 4 members (excludes halogenated alkanes) is 6. The van der Waals surface area contributed by atoms with Gasteiger partial charge in [0.2, 0.25) is 0 Å². The van der Waals surface area contributed by atoms with Crippen molar-refractivity contribution in [1.29, 1.82) is 0 Å². The van der Waals surface area contributed by atoms with E-state index < -0.39 is 0 Å². The molecule has 11 nitrogen and oxygen atoms in total. The molecule has 0 aliphatic carbocycles. The number of carbonyl (C=O) groups is 1. The Labute approximate surface area is 290 Å². The highest BCUT2D eigenvalue weighted by atomic mass is 16.6. The van der Waals surface area contributed by atoms with Gasteiger partial charge in [-0.2, -0.15) is 0 Å². The lowest BCUT2D eigenvalue weighted by Gasteiger charge is -2.09. The molecule has 0 unspecified atom stereocenters. The summed E-state index contributed by atoms with van der Waals surface area (Å²) in [6.45, 7) is 12.9. The van der Waals surface area contributed by atoms with Crippen LogP contribution >= 0.6 is 0 Å². The van der Waals surface area contributed by atoms with Crippen molar-refractivity contribution in [3.63, 3.8) is 0 Å². The van der Waals surface area contributed by atoms with E-state index in [1.807, 2.05) is 6.92 Å². The summed E-state index contributed by atoms with van der Waals surface area (Å²) in [5.41, 5.74) is 1.38. The Morgan fingerprint density at radius 1 is 0.438 bits per heavy atom. The average molecular weight is 687 g/mol. The molecule has 0 aromatic heterocycles. The standard InChI is InChI=1S/C37H66O11/c1-3-5-6-7-8-9-10-12-35-13-15-36(16-14-35)47-33-31-45-29-27-43-25-23-41-21-19-39-17-18-40-20-22-42-24-26-44-28-30-46-32-34-48-37(38)11-4-2/h13-16H,3-12,17-34H2,1-2H3. The minimum atomic E-state index is -0.185. The van der Waals surface area contributed by atoms with Gasteiger partial charge in [0.25, 0.3) is 0 Å². The molecule has 1 rings (SSSR count). The number of hydrogen-bond donors (Lipinski definition) is 0. The van der Waals surface area contributed by atoms with Gasteiger partial charge < -0.3 is 47.4 Å². The fraction of sp³-hybridized carbons (Fsp3) is 0.811.